The van der Waals surface area contributed by atoms with Crippen molar-refractivity contribution in [3.05, 3.63) is 29.6 Å². The lowest BCUT2D eigenvalue weighted by atomic mass is 10.2. The van der Waals surface area contributed by atoms with Gasteiger partial charge in [-0.25, -0.2) is 12.8 Å². The number of benzene rings is 1. The van der Waals surface area contributed by atoms with Gasteiger partial charge in [0.15, 0.2) is 5.75 Å². The minimum Gasteiger partial charge on any atom is -0.283 e. The van der Waals surface area contributed by atoms with Crippen molar-refractivity contribution in [3.8, 4) is 6.07 Å². The van der Waals surface area contributed by atoms with Gasteiger partial charge in [0.25, 0.3) is 0 Å². The molecule has 0 saturated heterocycles. The SMILES string of the molecule is Cc1cc(F)cc(NS(=O)(=O)CC#N)c1. The van der Waals surface area contributed by atoms with E-state index in [-0.39, 0.29) is 5.69 Å². The predicted octanol–water partition coefficient (Wildman–Crippen LogP) is 1.40. The number of halogens is 1. The van der Waals surface area contributed by atoms with Crippen LogP contribution < -0.4 is 4.72 Å². The lowest BCUT2D eigenvalue weighted by Gasteiger charge is -2.05. The molecule has 0 fully saturated rings. The second-order valence-corrected chi connectivity index (χ2v) is 4.76. The molecule has 0 atom stereocenters. The standard InChI is InChI=1S/C9H9FN2O2S/c1-7-4-8(10)6-9(5-7)12-15(13,14)3-2-11/h4-6,12H,3H2,1H3. The van der Waals surface area contributed by atoms with E-state index in [1.165, 1.54) is 18.2 Å². The van der Waals surface area contributed by atoms with Gasteiger partial charge in [-0.1, -0.05) is 0 Å². The van der Waals surface area contributed by atoms with Crippen LogP contribution >= 0.6 is 0 Å². The Bertz CT molecular complexity index is 485. The summed E-state index contributed by atoms with van der Waals surface area (Å²) < 4.78 is 37.3. The third kappa shape index (κ3) is 3.56. The first-order chi connectivity index (χ1) is 6.93. The molecular weight excluding hydrogens is 219 g/mol. The van der Waals surface area contributed by atoms with Gasteiger partial charge < -0.3 is 0 Å². The number of rotatable bonds is 3. The van der Waals surface area contributed by atoms with Crippen LogP contribution in [0.25, 0.3) is 0 Å². The number of hydrogen-bond donors (Lipinski definition) is 1. The highest BCUT2D eigenvalue weighted by Gasteiger charge is 2.10. The first kappa shape index (κ1) is 11.5. The van der Waals surface area contributed by atoms with Gasteiger partial charge in [0.2, 0.25) is 10.0 Å². The Kier molecular flexibility index (Phi) is 3.27. The third-order valence-corrected chi connectivity index (χ3v) is 2.63. The van der Waals surface area contributed by atoms with Crippen molar-refractivity contribution in [2.24, 2.45) is 0 Å². The molecule has 0 aliphatic carbocycles. The van der Waals surface area contributed by atoms with Crippen molar-refractivity contribution in [1.29, 1.82) is 5.26 Å². The second kappa shape index (κ2) is 4.28. The van der Waals surface area contributed by atoms with Crippen molar-refractivity contribution in [2.75, 3.05) is 10.5 Å². The Morgan fingerprint density at radius 1 is 1.47 bits per heavy atom. The molecule has 0 amide bonds. The highest BCUT2D eigenvalue weighted by molar-refractivity contribution is 7.92. The van der Waals surface area contributed by atoms with Crippen molar-refractivity contribution >= 4 is 15.7 Å². The van der Waals surface area contributed by atoms with Crippen LogP contribution in [0.3, 0.4) is 0 Å². The van der Waals surface area contributed by atoms with Gasteiger partial charge in [-0.2, -0.15) is 5.26 Å². The second-order valence-electron chi connectivity index (χ2n) is 3.04. The van der Waals surface area contributed by atoms with Crippen LogP contribution in [0.5, 0.6) is 0 Å². The van der Waals surface area contributed by atoms with Crippen molar-refractivity contribution in [3.63, 3.8) is 0 Å². The molecule has 1 aromatic rings. The summed E-state index contributed by atoms with van der Waals surface area (Å²) in [6.07, 6.45) is 0. The molecule has 0 aliphatic heterocycles. The first-order valence-corrected chi connectivity index (χ1v) is 5.73. The molecule has 1 rings (SSSR count). The monoisotopic (exact) mass is 228 g/mol. The normalized spacial score (nSPS) is 10.7. The topological polar surface area (TPSA) is 70.0 Å². The zero-order valence-corrected chi connectivity index (χ0v) is 8.81. The van der Waals surface area contributed by atoms with Crippen LogP contribution in [0, 0.1) is 24.1 Å². The summed E-state index contributed by atoms with van der Waals surface area (Å²) in [5, 5.41) is 8.25. The largest absolute Gasteiger partial charge is 0.283 e. The molecule has 0 spiro atoms. The van der Waals surface area contributed by atoms with Crippen LogP contribution in [0.4, 0.5) is 10.1 Å². The van der Waals surface area contributed by atoms with Gasteiger partial charge in [-0.3, -0.25) is 4.72 Å². The fourth-order valence-corrected chi connectivity index (χ4v) is 1.81. The molecule has 4 nitrogen and oxygen atoms in total. The Labute approximate surface area is 87.4 Å². The maximum absolute atomic E-state index is 12.9. The summed E-state index contributed by atoms with van der Waals surface area (Å²) in [7, 11) is -3.70. The summed E-state index contributed by atoms with van der Waals surface area (Å²) in [6.45, 7) is 1.64. The number of aryl methyl sites for hydroxylation is 1. The van der Waals surface area contributed by atoms with Crippen LogP contribution in [0.1, 0.15) is 5.56 Å². The molecule has 1 N–H and O–H groups in total. The predicted molar refractivity (Wildman–Crippen MR) is 54.2 cm³/mol. The van der Waals surface area contributed by atoms with E-state index in [2.05, 4.69) is 4.72 Å². The highest BCUT2D eigenvalue weighted by Crippen LogP contribution is 2.14. The number of sulfonamides is 1. The molecule has 0 aliphatic rings. The molecule has 0 aromatic heterocycles. The molecule has 0 bridgehead atoms. The van der Waals surface area contributed by atoms with Gasteiger partial charge in [-0.15, -0.1) is 0 Å². The molecule has 1 aromatic carbocycles. The highest BCUT2D eigenvalue weighted by atomic mass is 32.2. The fourth-order valence-electron chi connectivity index (χ4n) is 1.10. The Morgan fingerprint density at radius 2 is 2.13 bits per heavy atom. The van der Waals surface area contributed by atoms with Gasteiger partial charge in [-0.05, 0) is 30.7 Å². The van der Waals surface area contributed by atoms with Crippen molar-refractivity contribution in [1.82, 2.24) is 0 Å². The minimum atomic E-state index is -3.70. The molecule has 15 heavy (non-hydrogen) atoms. The molecular formula is C9H9FN2O2S. The Balaban J connectivity index is 2.96. The lowest BCUT2D eigenvalue weighted by Crippen LogP contribution is -2.15. The smallest absolute Gasteiger partial charge is 0.246 e. The van der Waals surface area contributed by atoms with Crippen LogP contribution in [-0.2, 0) is 10.0 Å². The Hall–Kier alpha value is -1.61. The third-order valence-electron chi connectivity index (χ3n) is 1.57. The maximum Gasteiger partial charge on any atom is 0.246 e. The van der Waals surface area contributed by atoms with E-state index in [0.717, 1.165) is 6.07 Å². The van der Waals surface area contributed by atoms with Crippen LogP contribution in [0.2, 0.25) is 0 Å². The van der Waals surface area contributed by atoms with E-state index in [4.69, 9.17) is 5.26 Å². The summed E-state index contributed by atoms with van der Waals surface area (Å²) in [5.41, 5.74) is 0.729. The number of anilines is 1. The van der Waals surface area contributed by atoms with Gasteiger partial charge in [0, 0.05) is 0 Å². The number of nitrogens with zero attached hydrogens (tertiary/aromatic N) is 1. The first-order valence-electron chi connectivity index (χ1n) is 4.07. The number of nitrogens with one attached hydrogen (secondary N) is 1. The van der Waals surface area contributed by atoms with E-state index < -0.39 is 21.6 Å². The summed E-state index contributed by atoms with van der Waals surface area (Å²) in [6, 6.07) is 5.33. The van der Waals surface area contributed by atoms with Crippen molar-refractivity contribution < 1.29 is 12.8 Å². The average Bonchev–Trinajstić information content (AvgIpc) is 1.99. The quantitative estimate of drug-likeness (QED) is 0.850. The fraction of sp³-hybridized carbons (Fsp3) is 0.222. The molecule has 0 radical (unpaired) electrons. The average molecular weight is 228 g/mol. The molecule has 0 unspecified atom stereocenters. The molecule has 0 saturated carbocycles. The van der Waals surface area contributed by atoms with Crippen molar-refractivity contribution in [2.45, 2.75) is 6.92 Å². The van der Waals surface area contributed by atoms with Gasteiger partial charge in [0.05, 0.1) is 11.8 Å². The molecule has 6 heteroatoms. The number of hydrogen-bond acceptors (Lipinski definition) is 3. The van der Waals surface area contributed by atoms with Crippen LogP contribution in [0.15, 0.2) is 18.2 Å². The van der Waals surface area contributed by atoms with E-state index in [1.807, 2.05) is 0 Å². The van der Waals surface area contributed by atoms with Gasteiger partial charge >= 0.3 is 0 Å². The van der Waals surface area contributed by atoms with Crippen LogP contribution in [-0.4, -0.2) is 14.2 Å². The number of nitriles is 1. The minimum absolute atomic E-state index is 0.128. The summed E-state index contributed by atoms with van der Waals surface area (Å²) in [5.74, 6) is -1.17. The van der Waals surface area contributed by atoms with E-state index in [9.17, 15) is 12.8 Å². The molecule has 80 valence electrons. The Morgan fingerprint density at radius 3 is 2.67 bits per heavy atom. The summed E-state index contributed by atoms with van der Waals surface area (Å²) >= 11 is 0. The zero-order valence-electron chi connectivity index (χ0n) is 7.99. The van der Waals surface area contributed by atoms with Gasteiger partial charge in [0.1, 0.15) is 5.82 Å². The lowest BCUT2D eigenvalue weighted by molar-refractivity contribution is 0.604. The maximum atomic E-state index is 12.9. The van der Waals surface area contributed by atoms with E-state index in [1.54, 1.807) is 6.92 Å². The zero-order chi connectivity index (χ0) is 11.5. The van der Waals surface area contributed by atoms with E-state index >= 15 is 0 Å². The van der Waals surface area contributed by atoms with E-state index in [0.29, 0.717) is 5.56 Å². The molecule has 0 heterocycles. The summed E-state index contributed by atoms with van der Waals surface area (Å²) in [4.78, 5) is 0.